The highest BCUT2D eigenvalue weighted by molar-refractivity contribution is 6.31. The van der Waals surface area contributed by atoms with Crippen molar-refractivity contribution in [3.8, 4) is 0 Å². The summed E-state index contributed by atoms with van der Waals surface area (Å²) in [5.74, 6) is -0.596. The third-order valence-electron chi connectivity index (χ3n) is 3.28. The van der Waals surface area contributed by atoms with Gasteiger partial charge in [0.2, 0.25) is 0 Å². The lowest BCUT2D eigenvalue weighted by Gasteiger charge is -2.03. The van der Waals surface area contributed by atoms with Crippen LogP contribution in [0, 0.1) is 0 Å². The summed E-state index contributed by atoms with van der Waals surface area (Å²) in [5.41, 5.74) is 8.29. The molecular formula is C17H12ClN3O3. The van der Waals surface area contributed by atoms with Gasteiger partial charge in [-0.1, -0.05) is 29.8 Å². The van der Waals surface area contributed by atoms with E-state index in [1.165, 1.54) is 6.07 Å². The fraction of sp³-hybridized carbons (Fsp3) is 0. The van der Waals surface area contributed by atoms with Crippen molar-refractivity contribution < 1.29 is 9.21 Å². The predicted octanol–water partition coefficient (Wildman–Crippen LogP) is 2.50. The highest BCUT2D eigenvalue weighted by atomic mass is 35.5. The van der Waals surface area contributed by atoms with Gasteiger partial charge in [0.05, 0.1) is 0 Å². The van der Waals surface area contributed by atoms with Crippen molar-refractivity contribution in [1.82, 2.24) is 5.43 Å². The zero-order chi connectivity index (χ0) is 17.1. The third kappa shape index (κ3) is 3.28. The van der Waals surface area contributed by atoms with Gasteiger partial charge in [0.25, 0.3) is 5.91 Å². The molecule has 0 atom stereocenters. The molecule has 1 heterocycles. The van der Waals surface area contributed by atoms with E-state index in [0.717, 1.165) is 0 Å². The van der Waals surface area contributed by atoms with Gasteiger partial charge < -0.3 is 10.2 Å². The molecule has 6 nitrogen and oxygen atoms in total. The van der Waals surface area contributed by atoms with Gasteiger partial charge in [-0.25, -0.2) is 10.2 Å². The predicted molar refractivity (Wildman–Crippen MR) is 92.1 cm³/mol. The average Bonchev–Trinajstić information content (AvgIpc) is 2.60. The van der Waals surface area contributed by atoms with E-state index >= 15 is 0 Å². The highest BCUT2D eigenvalue weighted by Gasteiger charge is 2.11. The number of carbonyl (C=O) groups is 1. The number of halogens is 1. The number of amidine groups is 1. The molecule has 0 aliphatic heterocycles. The molecular weight excluding hydrogens is 330 g/mol. The minimum Gasteiger partial charge on any atom is -0.422 e. The topological polar surface area (TPSA) is 97.7 Å². The molecule has 0 aliphatic rings. The summed E-state index contributed by atoms with van der Waals surface area (Å²) in [4.78, 5) is 23.9. The molecule has 0 fully saturated rings. The first-order chi connectivity index (χ1) is 11.5. The van der Waals surface area contributed by atoms with Gasteiger partial charge >= 0.3 is 5.63 Å². The monoisotopic (exact) mass is 341 g/mol. The Kier molecular flexibility index (Phi) is 4.31. The summed E-state index contributed by atoms with van der Waals surface area (Å²) in [6, 6.07) is 14.9. The molecule has 3 N–H and O–H groups in total. The van der Waals surface area contributed by atoms with Crippen LogP contribution in [0.4, 0.5) is 0 Å². The van der Waals surface area contributed by atoms with Gasteiger partial charge in [-0.15, -0.1) is 0 Å². The molecule has 0 aliphatic carbocycles. The maximum absolute atomic E-state index is 12.0. The Morgan fingerprint density at radius 1 is 1.12 bits per heavy atom. The number of fused-ring (bicyclic) bond motifs is 1. The molecule has 24 heavy (non-hydrogen) atoms. The number of amides is 1. The summed E-state index contributed by atoms with van der Waals surface area (Å²) in [6.07, 6.45) is 0. The lowest BCUT2D eigenvalue weighted by molar-refractivity contribution is 0.0955. The van der Waals surface area contributed by atoms with Crippen molar-refractivity contribution in [2.24, 2.45) is 10.8 Å². The molecule has 1 aromatic heterocycles. The molecule has 0 saturated carbocycles. The molecule has 0 spiro atoms. The Bertz CT molecular complexity index is 997. The van der Waals surface area contributed by atoms with E-state index in [-0.39, 0.29) is 11.4 Å². The number of rotatable bonds is 3. The van der Waals surface area contributed by atoms with E-state index in [0.29, 0.717) is 21.6 Å². The van der Waals surface area contributed by atoms with Crippen LogP contribution in [0.3, 0.4) is 0 Å². The van der Waals surface area contributed by atoms with Crippen molar-refractivity contribution in [2.75, 3.05) is 0 Å². The first kappa shape index (κ1) is 15.8. The van der Waals surface area contributed by atoms with Gasteiger partial charge in [0.15, 0.2) is 5.84 Å². The summed E-state index contributed by atoms with van der Waals surface area (Å²) in [5, 5.41) is 4.86. The zero-order valence-electron chi connectivity index (χ0n) is 12.3. The molecule has 1 amide bonds. The molecule has 120 valence electrons. The van der Waals surface area contributed by atoms with Crippen molar-refractivity contribution in [1.29, 1.82) is 0 Å². The Balaban J connectivity index is 1.90. The molecule has 0 bridgehead atoms. The Labute approximate surface area is 141 Å². The second-order valence-corrected chi connectivity index (χ2v) is 5.37. The standard InChI is InChI=1S/C17H12ClN3O3/c18-12-6-7-14-11(8-12)9-13(17(23)24-14)15(19)20-21-16(22)10-4-2-1-3-5-10/h1-9H,(H2,19,20)(H,21,22). The fourth-order valence-electron chi connectivity index (χ4n) is 2.10. The van der Waals surface area contributed by atoms with Gasteiger partial charge in [0.1, 0.15) is 11.1 Å². The van der Waals surface area contributed by atoms with Crippen molar-refractivity contribution in [2.45, 2.75) is 0 Å². The number of hydrazone groups is 1. The van der Waals surface area contributed by atoms with E-state index in [4.69, 9.17) is 21.8 Å². The van der Waals surface area contributed by atoms with Gasteiger partial charge in [-0.3, -0.25) is 4.79 Å². The minimum atomic E-state index is -0.653. The van der Waals surface area contributed by atoms with Crippen LogP contribution in [-0.4, -0.2) is 11.7 Å². The number of carbonyl (C=O) groups excluding carboxylic acids is 1. The summed E-state index contributed by atoms with van der Waals surface area (Å²) in [7, 11) is 0. The van der Waals surface area contributed by atoms with Gasteiger partial charge in [-0.05, 0) is 36.4 Å². The molecule has 3 aromatic rings. The number of nitrogens with two attached hydrogens (primary N) is 1. The van der Waals surface area contributed by atoms with Crippen LogP contribution < -0.4 is 16.8 Å². The number of hydrogen-bond acceptors (Lipinski definition) is 4. The van der Waals surface area contributed by atoms with Gasteiger partial charge in [0, 0.05) is 16.0 Å². The lowest BCUT2D eigenvalue weighted by Crippen LogP contribution is -2.27. The number of hydrogen-bond donors (Lipinski definition) is 2. The minimum absolute atomic E-state index is 0.0399. The largest absolute Gasteiger partial charge is 0.422 e. The van der Waals surface area contributed by atoms with Crippen LogP contribution in [0.1, 0.15) is 15.9 Å². The number of nitrogens with one attached hydrogen (secondary N) is 1. The first-order valence-electron chi connectivity index (χ1n) is 6.97. The molecule has 0 saturated heterocycles. The maximum atomic E-state index is 12.0. The smallest absolute Gasteiger partial charge is 0.347 e. The second-order valence-electron chi connectivity index (χ2n) is 4.93. The van der Waals surface area contributed by atoms with Crippen molar-refractivity contribution in [3.05, 3.63) is 81.2 Å². The van der Waals surface area contributed by atoms with Crippen LogP contribution in [0.5, 0.6) is 0 Å². The van der Waals surface area contributed by atoms with Gasteiger partial charge in [-0.2, -0.15) is 5.10 Å². The van der Waals surface area contributed by atoms with E-state index < -0.39 is 11.5 Å². The molecule has 2 aromatic carbocycles. The summed E-state index contributed by atoms with van der Waals surface area (Å²) >= 11 is 5.92. The first-order valence-corrected chi connectivity index (χ1v) is 7.35. The Hall–Kier alpha value is -3.12. The van der Waals surface area contributed by atoms with Crippen LogP contribution in [0.25, 0.3) is 11.0 Å². The van der Waals surface area contributed by atoms with Crippen LogP contribution in [0.2, 0.25) is 5.02 Å². The summed E-state index contributed by atoms with van der Waals surface area (Å²) < 4.78 is 5.17. The molecule has 0 unspecified atom stereocenters. The Morgan fingerprint density at radius 3 is 2.62 bits per heavy atom. The van der Waals surface area contributed by atoms with E-state index in [1.54, 1.807) is 48.5 Å². The van der Waals surface area contributed by atoms with E-state index in [1.807, 2.05) is 0 Å². The van der Waals surface area contributed by atoms with Crippen molar-refractivity contribution in [3.63, 3.8) is 0 Å². The molecule has 3 rings (SSSR count). The average molecular weight is 342 g/mol. The van der Waals surface area contributed by atoms with E-state index in [9.17, 15) is 9.59 Å². The van der Waals surface area contributed by atoms with Crippen LogP contribution in [0.15, 0.2) is 68.9 Å². The Morgan fingerprint density at radius 2 is 1.88 bits per heavy atom. The lowest BCUT2D eigenvalue weighted by atomic mass is 10.2. The number of benzene rings is 2. The third-order valence-corrected chi connectivity index (χ3v) is 3.52. The fourth-order valence-corrected chi connectivity index (χ4v) is 2.28. The van der Waals surface area contributed by atoms with Crippen molar-refractivity contribution >= 4 is 34.3 Å². The van der Waals surface area contributed by atoms with Crippen LogP contribution in [-0.2, 0) is 0 Å². The normalized spacial score (nSPS) is 11.5. The SMILES string of the molecule is NC(=NNC(=O)c1ccccc1)c1cc2cc(Cl)ccc2oc1=O. The zero-order valence-corrected chi connectivity index (χ0v) is 13.1. The maximum Gasteiger partial charge on any atom is 0.347 e. The molecule has 0 radical (unpaired) electrons. The highest BCUT2D eigenvalue weighted by Crippen LogP contribution is 2.18. The van der Waals surface area contributed by atoms with E-state index in [2.05, 4.69) is 10.5 Å². The molecule has 7 heteroatoms. The van der Waals surface area contributed by atoms with Crippen LogP contribution >= 0.6 is 11.6 Å². The summed E-state index contributed by atoms with van der Waals surface area (Å²) in [6.45, 7) is 0. The quantitative estimate of drug-likeness (QED) is 0.331. The second kappa shape index (κ2) is 6.55. The number of nitrogens with zero attached hydrogens (tertiary/aromatic N) is 1.